The van der Waals surface area contributed by atoms with Gasteiger partial charge in [-0.25, -0.2) is 0 Å². The van der Waals surface area contributed by atoms with E-state index in [4.69, 9.17) is 0 Å². The van der Waals surface area contributed by atoms with Crippen molar-refractivity contribution in [1.82, 2.24) is 5.32 Å². The van der Waals surface area contributed by atoms with E-state index >= 15 is 0 Å². The first-order valence-electron chi connectivity index (χ1n) is 10.4. The van der Waals surface area contributed by atoms with Crippen molar-refractivity contribution < 1.29 is 9.59 Å². The number of carbonyl (C=O) groups excluding carboxylic acids is 2. The van der Waals surface area contributed by atoms with Crippen LogP contribution in [0.4, 0.5) is 11.4 Å². The molecule has 1 aliphatic heterocycles. The van der Waals surface area contributed by atoms with Crippen LogP contribution in [-0.2, 0) is 17.8 Å². The highest BCUT2D eigenvalue weighted by atomic mass is 16.2. The van der Waals surface area contributed by atoms with Gasteiger partial charge in [-0.15, -0.1) is 0 Å². The molecule has 2 N–H and O–H groups in total. The molecule has 1 aliphatic rings. The van der Waals surface area contributed by atoms with Crippen LogP contribution in [0.1, 0.15) is 55.6 Å². The molecule has 0 fully saturated rings. The maximum absolute atomic E-state index is 12.9. The van der Waals surface area contributed by atoms with Crippen LogP contribution in [0.15, 0.2) is 42.5 Å². The van der Waals surface area contributed by atoms with E-state index in [-0.39, 0.29) is 23.8 Å². The molecule has 2 amide bonds. The van der Waals surface area contributed by atoms with Crippen LogP contribution in [0.25, 0.3) is 0 Å². The van der Waals surface area contributed by atoms with Gasteiger partial charge in [0.1, 0.15) is 0 Å². The van der Waals surface area contributed by atoms with Crippen molar-refractivity contribution in [2.45, 2.75) is 53.1 Å². The van der Waals surface area contributed by atoms with Crippen molar-refractivity contribution in [3.05, 3.63) is 59.2 Å². The fourth-order valence-electron chi connectivity index (χ4n) is 3.70. The van der Waals surface area contributed by atoms with Gasteiger partial charge in [0.2, 0.25) is 5.91 Å². The maximum Gasteiger partial charge on any atom is 0.253 e. The van der Waals surface area contributed by atoms with Crippen molar-refractivity contribution >= 4 is 23.2 Å². The zero-order valence-corrected chi connectivity index (χ0v) is 17.8. The molecule has 0 atom stereocenters. The Morgan fingerprint density at radius 3 is 2.45 bits per heavy atom. The zero-order chi connectivity index (χ0) is 21.0. The van der Waals surface area contributed by atoms with Gasteiger partial charge in [-0.05, 0) is 55.5 Å². The number of carbonyl (C=O) groups is 2. The Labute approximate surface area is 173 Å². The van der Waals surface area contributed by atoms with Crippen molar-refractivity contribution in [1.29, 1.82) is 0 Å². The third kappa shape index (κ3) is 5.37. The Kier molecular flexibility index (Phi) is 6.57. The van der Waals surface area contributed by atoms with Crippen molar-refractivity contribution in [3.8, 4) is 0 Å². The number of nitrogens with one attached hydrogen (secondary N) is 2. The predicted octanol–water partition coefficient (Wildman–Crippen LogP) is 4.37. The number of amides is 2. The van der Waals surface area contributed by atoms with Gasteiger partial charge in [0.15, 0.2) is 0 Å². The van der Waals surface area contributed by atoms with Gasteiger partial charge in [-0.1, -0.05) is 38.1 Å². The normalized spacial score (nSPS) is 13.4. The lowest BCUT2D eigenvalue weighted by Crippen LogP contribution is -2.35. The van der Waals surface area contributed by atoms with Crippen LogP contribution in [0.2, 0.25) is 0 Å². The largest absolute Gasteiger partial charge is 0.366 e. The molecular formula is C24H31N3O2. The quantitative estimate of drug-likeness (QED) is 0.766. The minimum Gasteiger partial charge on any atom is -0.366 e. The Morgan fingerprint density at radius 1 is 1.03 bits per heavy atom. The summed E-state index contributed by atoms with van der Waals surface area (Å²) >= 11 is 0. The van der Waals surface area contributed by atoms with Gasteiger partial charge in [-0.3, -0.25) is 9.59 Å². The van der Waals surface area contributed by atoms with Crippen molar-refractivity contribution in [3.63, 3.8) is 0 Å². The second kappa shape index (κ2) is 9.12. The first kappa shape index (κ1) is 20.9. The Bertz CT molecular complexity index is 889. The van der Waals surface area contributed by atoms with Crippen LogP contribution in [0, 0.1) is 5.92 Å². The fraction of sp³-hybridized carbons (Fsp3) is 0.417. The van der Waals surface area contributed by atoms with Crippen LogP contribution in [0.3, 0.4) is 0 Å². The highest BCUT2D eigenvalue weighted by Crippen LogP contribution is 2.29. The monoisotopic (exact) mass is 393 g/mol. The summed E-state index contributed by atoms with van der Waals surface area (Å²) in [6.07, 6.45) is 1.41. The second-order valence-corrected chi connectivity index (χ2v) is 8.45. The molecule has 0 aromatic heterocycles. The number of hydrogen-bond donors (Lipinski definition) is 2. The van der Waals surface area contributed by atoms with Gasteiger partial charge < -0.3 is 15.5 Å². The molecule has 3 rings (SSSR count). The minimum absolute atomic E-state index is 0.0325. The molecule has 154 valence electrons. The van der Waals surface area contributed by atoms with Gasteiger partial charge in [0.25, 0.3) is 5.91 Å². The molecule has 0 saturated carbocycles. The molecule has 0 aliphatic carbocycles. The van der Waals surface area contributed by atoms with Gasteiger partial charge in [0, 0.05) is 36.9 Å². The average molecular weight is 394 g/mol. The molecule has 5 nitrogen and oxygen atoms in total. The van der Waals surface area contributed by atoms with Crippen LogP contribution < -0.4 is 15.5 Å². The minimum atomic E-state index is -0.117. The predicted molar refractivity (Wildman–Crippen MR) is 118 cm³/mol. The van der Waals surface area contributed by atoms with Crippen molar-refractivity contribution in [2.24, 2.45) is 5.92 Å². The molecule has 2 aromatic rings. The van der Waals surface area contributed by atoms with E-state index in [0.717, 1.165) is 25.2 Å². The Hall–Kier alpha value is -2.82. The molecule has 0 saturated heterocycles. The summed E-state index contributed by atoms with van der Waals surface area (Å²) in [5.41, 5.74) is 4.82. The second-order valence-electron chi connectivity index (χ2n) is 8.45. The molecule has 1 heterocycles. The third-order valence-electron chi connectivity index (χ3n) is 5.01. The topological polar surface area (TPSA) is 61.4 Å². The number of nitrogens with zero attached hydrogens (tertiary/aromatic N) is 1. The highest BCUT2D eigenvalue weighted by Gasteiger charge is 2.22. The van der Waals surface area contributed by atoms with E-state index < -0.39 is 0 Å². The van der Waals surface area contributed by atoms with Gasteiger partial charge in [-0.2, -0.15) is 0 Å². The Morgan fingerprint density at radius 2 is 1.76 bits per heavy atom. The van der Waals surface area contributed by atoms with Crippen LogP contribution >= 0.6 is 0 Å². The third-order valence-corrected chi connectivity index (χ3v) is 5.01. The maximum atomic E-state index is 12.9. The molecule has 0 spiro atoms. The van der Waals surface area contributed by atoms with E-state index in [1.54, 1.807) is 6.07 Å². The number of anilines is 2. The molecule has 5 heteroatoms. The summed E-state index contributed by atoms with van der Waals surface area (Å²) in [7, 11) is 0. The first-order valence-corrected chi connectivity index (χ1v) is 10.4. The standard InChI is InChI=1S/C24H31N3O2/c1-16(2)13-23(28)26-20-9-10-22(21(14-20)24(29)25-17(3)4)27-12-11-18-7-5-6-8-19(18)15-27/h5-10,14,16-17H,11-13,15H2,1-4H3,(H,25,29)(H,26,28). The van der Waals surface area contributed by atoms with E-state index in [2.05, 4.69) is 39.8 Å². The van der Waals surface area contributed by atoms with Gasteiger partial charge in [0.05, 0.1) is 5.56 Å². The zero-order valence-electron chi connectivity index (χ0n) is 17.8. The summed E-state index contributed by atoms with van der Waals surface area (Å²) < 4.78 is 0. The molecule has 2 aromatic carbocycles. The lowest BCUT2D eigenvalue weighted by atomic mass is 9.98. The summed E-state index contributed by atoms with van der Waals surface area (Å²) in [6.45, 7) is 9.55. The van der Waals surface area contributed by atoms with Crippen LogP contribution in [-0.4, -0.2) is 24.4 Å². The van der Waals surface area contributed by atoms with E-state index in [9.17, 15) is 9.59 Å². The number of rotatable bonds is 6. The number of fused-ring (bicyclic) bond motifs is 1. The number of hydrogen-bond acceptors (Lipinski definition) is 3. The lowest BCUT2D eigenvalue weighted by molar-refractivity contribution is -0.116. The molecule has 0 radical (unpaired) electrons. The molecular weight excluding hydrogens is 362 g/mol. The van der Waals surface area contributed by atoms with Crippen LogP contribution in [0.5, 0.6) is 0 Å². The summed E-state index contributed by atoms with van der Waals surface area (Å²) in [5, 5.41) is 5.92. The number of benzene rings is 2. The smallest absolute Gasteiger partial charge is 0.253 e. The molecule has 0 unspecified atom stereocenters. The van der Waals surface area contributed by atoms with Gasteiger partial charge >= 0.3 is 0 Å². The van der Waals surface area contributed by atoms with E-state index in [1.807, 2.05) is 39.8 Å². The Balaban J connectivity index is 1.89. The van der Waals surface area contributed by atoms with E-state index in [0.29, 0.717) is 17.7 Å². The lowest BCUT2D eigenvalue weighted by Gasteiger charge is -2.32. The van der Waals surface area contributed by atoms with E-state index in [1.165, 1.54) is 11.1 Å². The summed E-state index contributed by atoms with van der Waals surface area (Å²) in [5.74, 6) is 0.134. The first-order chi connectivity index (χ1) is 13.8. The average Bonchev–Trinajstić information content (AvgIpc) is 2.66. The fourth-order valence-corrected chi connectivity index (χ4v) is 3.70. The summed E-state index contributed by atoms with van der Waals surface area (Å²) in [6, 6.07) is 14.1. The van der Waals surface area contributed by atoms with Crippen molar-refractivity contribution in [2.75, 3.05) is 16.8 Å². The molecule has 0 bridgehead atoms. The molecule has 29 heavy (non-hydrogen) atoms. The summed E-state index contributed by atoms with van der Waals surface area (Å²) in [4.78, 5) is 27.4. The SMILES string of the molecule is CC(C)CC(=O)Nc1ccc(N2CCc3ccccc3C2)c(C(=O)NC(C)C)c1. The highest BCUT2D eigenvalue weighted by molar-refractivity contribution is 6.02.